The lowest BCUT2D eigenvalue weighted by atomic mass is 10.00. The van der Waals surface area contributed by atoms with Crippen molar-refractivity contribution in [1.29, 1.82) is 0 Å². The van der Waals surface area contributed by atoms with Crippen LogP contribution in [0.15, 0.2) is 36.5 Å². The van der Waals surface area contributed by atoms with Gasteiger partial charge in [-0.2, -0.15) is 0 Å². The Bertz CT molecular complexity index is 835. The van der Waals surface area contributed by atoms with E-state index in [1.807, 2.05) is 24.0 Å². The van der Waals surface area contributed by atoms with Crippen LogP contribution in [0.3, 0.4) is 0 Å². The van der Waals surface area contributed by atoms with Gasteiger partial charge >= 0.3 is 5.97 Å². The van der Waals surface area contributed by atoms with Crippen molar-refractivity contribution in [2.75, 3.05) is 23.3 Å². The smallest absolute Gasteiger partial charge is 0.339 e. The number of rotatable bonds is 4. The van der Waals surface area contributed by atoms with Gasteiger partial charge in [-0.25, -0.2) is 9.78 Å². The Morgan fingerprint density at radius 3 is 2.73 bits per heavy atom. The van der Waals surface area contributed by atoms with Gasteiger partial charge in [-0.1, -0.05) is 25.1 Å². The van der Waals surface area contributed by atoms with Gasteiger partial charge in [-0.15, -0.1) is 0 Å². The molecule has 2 aromatic rings. The minimum absolute atomic E-state index is 0.113. The summed E-state index contributed by atoms with van der Waals surface area (Å²) in [5, 5.41) is 12.4. The highest BCUT2D eigenvalue weighted by Crippen LogP contribution is 2.26. The van der Waals surface area contributed by atoms with Crippen LogP contribution in [0.4, 0.5) is 11.5 Å². The maximum Gasteiger partial charge on any atom is 0.339 e. The number of piperidine rings is 1. The highest BCUT2D eigenvalue weighted by molar-refractivity contribution is 6.06. The Morgan fingerprint density at radius 1 is 1.27 bits per heavy atom. The molecule has 3 rings (SSSR count). The summed E-state index contributed by atoms with van der Waals surface area (Å²) in [7, 11) is 0. The zero-order chi connectivity index (χ0) is 18.7. The second-order valence-electron chi connectivity index (χ2n) is 6.86. The van der Waals surface area contributed by atoms with Crippen molar-refractivity contribution in [1.82, 2.24) is 4.98 Å². The third kappa shape index (κ3) is 3.85. The Kier molecular flexibility index (Phi) is 5.21. The summed E-state index contributed by atoms with van der Waals surface area (Å²) in [6.45, 7) is 5.61. The summed E-state index contributed by atoms with van der Waals surface area (Å²) in [6, 6.07) is 8.74. The predicted octanol–water partition coefficient (Wildman–Crippen LogP) is 3.58. The van der Waals surface area contributed by atoms with Crippen molar-refractivity contribution in [3.8, 4) is 0 Å². The van der Waals surface area contributed by atoms with E-state index in [1.54, 1.807) is 12.1 Å². The molecule has 6 nitrogen and oxygen atoms in total. The average molecular weight is 353 g/mol. The number of hydrogen-bond acceptors (Lipinski definition) is 4. The number of amides is 1. The molecule has 1 fully saturated rings. The van der Waals surface area contributed by atoms with Crippen molar-refractivity contribution in [2.24, 2.45) is 5.92 Å². The summed E-state index contributed by atoms with van der Waals surface area (Å²) in [5.74, 6) is -0.344. The van der Waals surface area contributed by atoms with Crippen LogP contribution in [0.25, 0.3) is 0 Å². The SMILES string of the molecule is Cc1ccccc1C(=O)Nc1cnc(N2CCC[C@@H](C)C2)c(C(=O)O)c1. The van der Waals surface area contributed by atoms with Gasteiger partial charge in [0.15, 0.2) is 0 Å². The summed E-state index contributed by atoms with van der Waals surface area (Å²) >= 11 is 0. The quantitative estimate of drug-likeness (QED) is 0.878. The highest BCUT2D eigenvalue weighted by atomic mass is 16.4. The van der Waals surface area contributed by atoms with Crippen LogP contribution in [0.1, 0.15) is 46.0 Å². The van der Waals surface area contributed by atoms with Crippen LogP contribution in [-0.2, 0) is 0 Å². The molecule has 0 radical (unpaired) electrons. The van der Waals surface area contributed by atoms with E-state index < -0.39 is 5.97 Å². The number of nitrogens with zero attached hydrogens (tertiary/aromatic N) is 2. The Morgan fingerprint density at radius 2 is 2.04 bits per heavy atom. The number of hydrogen-bond donors (Lipinski definition) is 2. The van der Waals surface area contributed by atoms with Gasteiger partial charge in [-0.3, -0.25) is 4.79 Å². The minimum Gasteiger partial charge on any atom is -0.478 e. The van der Waals surface area contributed by atoms with Gasteiger partial charge in [-0.05, 0) is 43.4 Å². The number of aromatic carboxylic acids is 1. The van der Waals surface area contributed by atoms with Crippen LogP contribution in [0.2, 0.25) is 0 Å². The topological polar surface area (TPSA) is 82.5 Å². The first-order valence-corrected chi connectivity index (χ1v) is 8.81. The third-order valence-electron chi connectivity index (χ3n) is 4.70. The Hall–Kier alpha value is -2.89. The van der Waals surface area contributed by atoms with Crippen LogP contribution in [0, 0.1) is 12.8 Å². The van der Waals surface area contributed by atoms with Crippen LogP contribution in [0.5, 0.6) is 0 Å². The highest BCUT2D eigenvalue weighted by Gasteiger charge is 2.23. The summed E-state index contributed by atoms with van der Waals surface area (Å²) in [6.07, 6.45) is 3.69. The van der Waals surface area contributed by atoms with Gasteiger partial charge in [0.2, 0.25) is 0 Å². The van der Waals surface area contributed by atoms with E-state index in [0.29, 0.717) is 23.0 Å². The molecule has 136 valence electrons. The molecule has 1 aromatic heterocycles. The standard InChI is InChI=1S/C20H23N3O3/c1-13-6-5-9-23(12-13)18-17(20(25)26)10-15(11-21-18)22-19(24)16-8-4-3-7-14(16)2/h3-4,7-8,10-11,13H,5-6,9,12H2,1-2H3,(H,22,24)(H,25,26)/t13-/m1/s1. The maximum absolute atomic E-state index is 12.4. The van der Waals surface area contributed by atoms with Crippen molar-refractivity contribution in [2.45, 2.75) is 26.7 Å². The first kappa shape index (κ1) is 17.9. The molecule has 26 heavy (non-hydrogen) atoms. The second kappa shape index (κ2) is 7.56. The van der Waals surface area contributed by atoms with Crippen LogP contribution in [-0.4, -0.2) is 35.1 Å². The molecule has 0 unspecified atom stereocenters. The first-order valence-electron chi connectivity index (χ1n) is 8.81. The first-order chi connectivity index (χ1) is 12.5. The lowest BCUT2D eigenvalue weighted by molar-refractivity contribution is 0.0696. The van der Waals surface area contributed by atoms with E-state index in [-0.39, 0.29) is 11.5 Å². The number of aryl methyl sites for hydroxylation is 1. The molecule has 0 spiro atoms. The summed E-state index contributed by atoms with van der Waals surface area (Å²) < 4.78 is 0. The van der Waals surface area contributed by atoms with E-state index in [4.69, 9.17) is 0 Å². The van der Waals surface area contributed by atoms with Gasteiger partial charge in [0.25, 0.3) is 5.91 Å². The van der Waals surface area contributed by atoms with E-state index in [0.717, 1.165) is 31.5 Å². The molecule has 6 heteroatoms. The zero-order valence-electron chi connectivity index (χ0n) is 15.0. The number of pyridine rings is 1. The molecule has 1 aliphatic rings. The summed E-state index contributed by atoms with van der Waals surface area (Å²) in [5.41, 5.74) is 1.90. The molecule has 2 heterocycles. The van der Waals surface area contributed by atoms with Gasteiger partial charge in [0, 0.05) is 18.7 Å². The van der Waals surface area contributed by atoms with E-state index in [2.05, 4.69) is 17.2 Å². The van der Waals surface area contributed by atoms with Gasteiger partial charge < -0.3 is 15.3 Å². The molecule has 1 aliphatic heterocycles. The number of anilines is 2. The molecule has 1 aromatic carbocycles. The van der Waals surface area contributed by atoms with E-state index >= 15 is 0 Å². The van der Waals surface area contributed by atoms with E-state index in [1.165, 1.54) is 12.3 Å². The molecule has 1 amide bonds. The van der Waals surface area contributed by atoms with Crippen molar-refractivity contribution >= 4 is 23.4 Å². The number of carboxylic acids is 1. The predicted molar refractivity (Wildman–Crippen MR) is 101 cm³/mol. The molecule has 1 saturated heterocycles. The van der Waals surface area contributed by atoms with Gasteiger partial charge in [0.05, 0.1) is 11.9 Å². The lowest BCUT2D eigenvalue weighted by Crippen LogP contribution is -2.36. The van der Waals surface area contributed by atoms with Crippen LogP contribution < -0.4 is 10.2 Å². The third-order valence-corrected chi connectivity index (χ3v) is 4.70. The summed E-state index contributed by atoms with van der Waals surface area (Å²) in [4.78, 5) is 30.6. The number of carbonyl (C=O) groups is 2. The molecular weight excluding hydrogens is 330 g/mol. The fourth-order valence-electron chi connectivity index (χ4n) is 3.34. The Balaban J connectivity index is 1.86. The van der Waals surface area contributed by atoms with Crippen molar-refractivity contribution < 1.29 is 14.7 Å². The van der Waals surface area contributed by atoms with Gasteiger partial charge in [0.1, 0.15) is 11.4 Å². The molecule has 0 bridgehead atoms. The molecular formula is C20H23N3O3. The monoisotopic (exact) mass is 353 g/mol. The molecule has 0 aliphatic carbocycles. The Labute approximate surface area is 152 Å². The fraction of sp³-hybridized carbons (Fsp3) is 0.350. The second-order valence-corrected chi connectivity index (χ2v) is 6.86. The number of nitrogens with one attached hydrogen (secondary N) is 1. The normalized spacial score (nSPS) is 17.0. The maximum atomic E-state index is 12.4. The molecule has 1 atom stereocenters. The number of aromatic nitrogens is 1. The number of carbonyl (C=O) groups excluding carboxylic acids is 1. The van der Waals surface area contributed by atoms with Crippen molar-refractivity contribution in [3.05, 3.63) is 53.2 Å². The largest absolute Gasteiger partial charge is 0.478 e. The van der Waals surface area contributed by atoms with Crippen LogP contribution >= 0.6 is 0 Å². The lowest BCUT2D eigenvalue weighted by Gasteiger charge is -2.32. The number of carboxylic acid groups (broad SMARTS) is 1. The average Bonchev–Trinajstić information content (AvgIpc) is 2.62. The minimum atomic E-state index is -1.04. The number of benzene rings is 1. The van der Waals surface area contributed by atoms with Crippen molar-refractivity contribution in [3.63, 3.8) is 0 Å². The van der Waals surface area contributed by atoms with E-state index in [9.17, 15) is 14.7 Å². The molecule has 0 saturated carbocycles. The fourth-order valence-corrected chi connectivity index (χ4v) is 3.34. The zero-order valence-corrected chi connectivity index (χ0v) is 15.0. The molecule has 2 N–H and O–H groups in total.